The molecule has 1 fully saturated rings. The lowest BCUT2D eigenvalue weighted by molar-refractivity contribution is -0.148. The van der Waals surface area contributed by atoms with E-state index in [0.717, 1.165) is 11.1 Å². The summed E-state index contributed by atoms with van der Waals surface area (Å²) in [6.45, 7) is 2.12. The Kier molecular flexibility index (Phi) is 7.17. The Morgan fingerprint density at radius 2 is 1.71 bits per heavy atom. The Morgan fingerprint density at radius 3 is 2.32 bits per heavy atom. The number of carboxylic acid groups (broad SMARTS) is 1. The number of carboxylic acids is 1. The number of aliphatic hydroxyl groups excluding tert-OH is 1. The van der Waals surface area contributed by atoms with Gasteiger partial charge in [0.1, 0.15) is 12.6 Å². The maximum Gasteiger partial charge on any atom is 0.407 e. The van der Waals surface area contributed by atoms with Crippen molar-refractivity contribution >= 4 is 18.0 Å². The molecule has 8 heteroatoms. The molecule has 1 aliphatic heterocycles. The van der Waals surface area contributed by atoms with Crippen molar-refractivity contribution < 1.29 is 29.3 Å². The average molecular weight is 467 g/mol. The van der Waals surface area contributed by atoms with Crippen LogP contribution in [0.15, 0.2) is 48.5 Å². The van der Waals surface area contributed by atoms with E-state index in [1.54, 1.807) is 0 Å². The Balaban J connectivity index is 1.23. The van der Waals surface area contributed by atoms with Crippen LogP contribution in [0.25, 0.3) is 11.1 Å². The fourth-order valence-electron chi connectivity index (χ4n) is 4.94. The molecule has 2 amide bonds. The van der Waals surface area contributed by atoms with Crippen LogP contribution in [0.3, 0.4) is 0 Å². The van der Waals surface area contributed by atoms with Gasteiger partial charge in [-0.2, -0.15) is 0 Å². The van der Waals surface area contributed by atoms with Gasteiger partial charge >= 0.3 is 12.1 Å². The van der Waals surface area contributed by atoms with Gasteiger partial charge in [-0.15, -0.1) is 0 Å². The zero-order chi connectivity index (χ0) is 24.2. The summed E-state index contributed by atoms with van der Waals surface area (Å²) in [5.74, 6) is -1.41. The van der Waals surface area contributed by atoms with Gasteiger partial charge in [-0.25, -0.2) is 9.59 Å². The molecule has 0 saturated carbocycles. The van der Waals surface area contributed by atoms with E-state index in [9.17, 15) is 24.6 Å². The lowest BCUT2D eigenvalue weighted by Gasteiger charge is -2.21. The van der Waals surface area contributed by atoms with Gasteiger partial charge in [0.15, 0.2) is 0 Å². The van der Waals surface area contributed by atoms with E-state index in [-0.39, 0.29) is 43.9 Å². The molecule has 1 unspecified atom stereocenters. The van der Waals surface area contributed by atoms with Crippen molar-refractivity contribution in [2.45, 2.75) is 56.7 Å². The number of fused-ring (bicyclic) bond motifs is 3. The van der Waals surface area contributed by atoms with Crippen molar-refractivity contribution in [3.8, 4) is 11.1 Å². The van der Waals surface area contributed by atoms with Gasteiger partial charge < -0.3 is 25.2 Å². The zero-order valence-corrected chi connectivity index (χ0v) is 19.1. The average Bonchev–Trinajstić information content (AvgIpc) is 3.36. The number of rotatable bonds is 8. The Hall–Kier alpha value is -3.39. The quantitative estimate of drug-likeness (QED) is 0.551. The van der Waals surface area contributed by atoms with Crippen LogP contribution in [0.2, 0.25) is 0 Å². The number of aliphatic hydroxyl groups is 1. The van der Waals surface area contributed by atoms with Crippen LogP contribution in [0.5, 0.6) is 0 Å². The molecule has 0 bridgehead atoms. The predicted octanol–water partition coefficient (Wildman–Crippen LogP) is 3.13. The second kappa shape index (κ2) is 10.3. The van der Waals surface area contributed by atoms with Crippen LogP contribution in [-0.4, -0.2) is 64.4 Å². The summed E-state index contributed by atoms with van der Waals surface area (Å²) in [6, 6.07) is 15.1. The maximum atomic E-state index is 12.4. The number of benzene rings is 2. The van der Waals surface area contributed by atoms with Crippen molar-refractivity contribution in [3.63, 3.8) is 0 Å². The lowest BCUT2D eigenvalue weighted by atomic mass is 9.98. The molecule has 180 valence electrons. The van der Waals surface area contributed by atoms with Crippen LogP contribution in [0, 0.1) is 0 Å². The summed E-state index contributed by atoms with van der Waals surface area (Å²) in [4.78, 5) is 37.3. The molecular formula is C26H30N2O6. The van der Waals surface area contributed by atoms with Crippen LogP contribution in [0.4, 0.5) is 4.79 Å². The SMILES string of the molecule is CC(CCCC(=O)N1C[C@@H](O)C[C@H]1C(=O)O)NC(=O)OCC1c2ccccc2-c2ccccc21. The van der Waals surface area contributed by atoms with Crippen molar-refractivity contribution in [1.82, 2.24) is 10.2 Å². The lowest BCUT2D eigenvalue weighted by Crippen LogP contribution is -2.40. The van der Waals surface area contributed by atoms with Crippen LogP contribution in [0.1, 0.15) is 49.7 Å². The van der Waals surface area contributed by atoms with Crippen LogP contribution in [-0.2, 0) is 14.3 Å². The summed E-state index contributed by atoms with van der Waals surface area (Å²) in [5.41, 5.74) is 4.63. The molecule has 3 N–H and O–H groups in total. The summed E-state index contributed by atoms with van der Waals surface area (Å²) >= 11 is 0. The molecule has 1 saturated heterocycles. The molecule has 2 aromatic carbocycles. The molecule has 0 aromatic heterocycles. The van der Waals surface area contributed by atoms with Crippen LogP contribution < -0.4 is 5.32 Å². The largest absolute Gasteiger partial charge is 0.480 e. The van der Waals surface area contributed by atoms with Crippen LogP contribution >= 0.6 is 0 Å². The fraction of sp³-hybridized carbons (Fsp3) is 0.423. The van der Waals surface area contributed by atoms with E-state index >= 15 is 0 Å². The molecule has 2 aromatic rings. The van der Waals surface area contributed by atoms with Gasteiger partial charge in [0.25, 0.3) is 0 Å². The third-order valence-corrected chi connectivity index (χ3v) is 6.62. The first-order valence-electron chi connectivity index (χ1n) is 11.7. The van der Waals surface area contributed by atoms with E-state index in [1.165, 1.54) is 16.0 Å². The monoisotopic (exact) mass is 466 g/mol. The van der Waals surface area contributed by atoms with Gasteiger partial charge in [-0.3, -0.25) is 4.79 Å². The second-order valence-electron chi connectivity index (χ2n) is 9.05. The van der Waals surface area contributed by atoms with E-state index in [0.29, 0.717) is 12.8 Å². The number of β-amino-alcohol motifs (C(OH)–C–C–N with tert-alkyl or cyclic N) is 1. The molecule has 2 aliphatic rings. The van der Waals surface area contributed by atoms with E-state index in [4.69, 9.17) is 4.74 Å². The van der Waals surface area contributed by atoms with E-state index in [1.807, 2.05) is 31.2 Å². The highest BCUT2D eigenvalue weighted by Gasteiger charge is 2.38. The molecule has 0 radical (unpaired) electrons. The number of amides is 2. The number of carbonyl (C=O) groups excluding carboxylic acids is 2. The van der Waals surface area contributed by atoms with E-state index in [2.05, 4.69) is 29.6 Å². The van der Waals surface area contributed by atoms with Crippen molar-refractivity contribution in [3.05, 3.63) is 59.7 Å². The van der Waals surface area contributed by atoms with Crippen molar-refractivity contribution in [2.75, 3.05) is 13.2 Å². The number of alkyl carbamates (subject to hydrolysis) is 1. The Bertz CT molecular complexity index is 1030. The number of ether oxygens (including phenoxy) is 1. The summed E-state index contributed by atoms with van der Waals surface area (Å²) < 4.78 is 5.55. The number of likely N-dealkylation sites (tertiary alicyclic amines) is 1. The van der Waals surface area contributed by atoms with Gasteiger partial charge in [0.05, 0.1) is 6.10 Å². The van der Waals surface area contributed by atoms with Crippen molar-refractivity contribution in [1.29, 1.82) is 0 Å². The first-order valence-corrected chi connectivity index (χ1v) is 11.7. The minimum absolute atomic E-state index is 0.0101. The highest BCUT2D eigenvalue weighted by Crippen LogP contribution is 2.44. The van der Waals surface area contributed by atoms with E-state index < -0.39 is 24.2 Å². The highest BCUT2D eigenvalue weighted by molar-refractivity contribution is 5.84. The molecule has 1 heterocycles. The third-order valence-electron chi connectivity index (χ3n) is 6.62. The van der Waals surface area contributed by atoms with Gasteiger partial charge in [-0.1, -0.05) is 48.5 Å². The highest BCUT2D eigenvalue weighted by atomic mass is 16.5. The molecule has 8 nitrogen and oxygen atoms in total. The van der Waals surface area contributed by atoms with Gasteiger partial charge in [0, 0.05) is 31.3 Å². The number of aliphatic carboxylic acids is 1. The normalized spacial score (nSPS) is 19.9. The Morgan fingerprint density at radius 1 is 1.09 bits per heavy atom. The second-order valence-corrected chi connectivity index (χ2v) is 9.05. The molecule has 0 spiro atoms. The first kappa shape index (κ1) is 23.8. The minimum atomic E-state index is -1.10. The third kappa shape index (κ3) is 5.07. The Labute approximate surface area is 198 Å². The summed E-state index contributed by atoms with van der Waals surface area (Å²) in [7, 11) is 0. The maximum absolute atomic E-state index is 12.4. The molecule has 4 rings (SSSR count). The van der Waals surface area contributed by atoms with Gasteiger partial charge in [0.2, 0.25) is 5.91 Å². The minimum Gasteiger partial charge on any atom is -0.480 e. The zero-order valence-electron chi connectivity index (χ0n) is 19.1. The number of hydrogen-bond acceptors (Lipinski definition) is 5. The number of carbonyl (C=O) groups is 3. The van der Waals surface area contributed by atoms with Gasteiger partial charge in [-0.05, 0) is 42.0 Å². The summed E-state index contributed by atoms with van der Waals surface area (Å²) in [6.07, 6.45) is -0.0609. The fourth-order valence-corrected chi connectivity index (χ4v) is 4.94. The predicted molar refractivity (Wildman–Crippen MR) is 125 cm³/mol. The molecule has 34 heavy (non-hydrogen) atoms. The number of hydrogen-bond donors (Lipinski definition) is 3. The van der Waals surface area contributed by atoms with Crippen molar-refractivity contribution in [2.24, 2.45) is 0 Å². The first-order chi connectivity index (χ1) is 16.3. The number of nitrogens with one attached hydrogen (secondary N) is 1. The smallest absolute Gasteiger partial charge is 0.407 e. The molecule has 3 atom stereocenters. The topological polar surface area (TPSA) is 116 Å². The molecular weight excluding hydrogens is 436 g/mol. The standard InChI is InChI=1S/C26H30N2O6/c1-16(7-6-12-24(30)28-14-17(29)13-23(28)25(31)32)27-26(33)34-15-22-20-10-4-2-8-18(20)19-9-3-5-11-21(19)22/h2-5,8-11,16-17,22-23,29H,6-7,12-15H2,1H3,(H,27,33)(H,31,32)/t16?,17-,23-/m0/s1. The number of nitrogens with zero attached hydrogens (tertiary/aromatic N) is 1. The summed E-state index contributed by atoms with van der Waals surface area (Å²) in [5, 5.41) is 21.7. The molecule has 1 aliphatic carbocycles.